The molecule has 1 heterocycles. The topological polar surface area (TPSA) is 102 Å². The molecule has 0 fully saturated rings. The van der Waals surface area contributed by atoms with Gasteiger partial charge in [0.1, 0.15) is 0 Å². The third kappa shape index (κ3) is 8.67. The van der Waals surface area contributed by atoms with E-state index < -0.39 is 17.1 Å². The number of nitrogens with zero attached hydrogens (tertiary/aromatic N) is 3. The van der Waals surface area contributed by atoms with Gasteiger partial charge in [-0.2, -0.15) is 14.0 Å². The summed E-state index contributed by atoms with van der Waals surface area (Å²) in [5, 5.41) is 0. The van der Waals surface area contributed by atoms with Crippen molar-refractivity contribution < 1.29 is 0 Å². The van der Waals surface area contributed by atoms with Gasteiger partial charge in [0.05, 0.1) is 0 Å². The molecular formula is C21H42N6O3. The Morgan fingerprint density at radius 1 is 0.467 bits per heavy atom. The lowest BCUT2D eigenvalue weighted by atomic mass is 10.2. The Hall–Kier alpha value is -2.19. The van der Waals surface area contributed by atoms with Crippen LogP contribution in [0.2, 0.25) is 0 Å². The lowest BCUT2D eigenvalue weighted by Gasteiger charge is -2.17. The normalized spacial score (nSPS) is 10.9. The molecule has 9 heteroatoms. The van der Waals surface area contributed by atoms with Crippen molar-refractivity contribution in [3.05, 3.63) is 31.5 Å². The molecule has 0 bridgehead atoms. The SMILES string of the molecule is CCCCCCNn1c(=O)n(NCCCCCC)c(=O)n(NCCCCCC)c1=O. The van der Waals surface area contributed by atoms with E-state index in [0.717, 1.165) is 91.1 Å². The molecule has 1 rings (SSSR count). The largest absolute Gasteiger partial charge is 0.374 e. The Labute approximate surface area is 179 Å². The molecule has 3 N–H and O–H groups in total. The van der Waals surface area contributed by atoms with Gasteiger partial charge in [-0.05, 0) is 19.3 Å². The fourth-order valence-electron chi connectivity index (χ4n) is 3.18. The number of hydrogen-bond donors (Lipinski definition) is 3. The van der Waals surface area contributed by atoms with Gasteiger partial charge < -0.3 is 16.3 Å². The fourth-order valence-corrected chi connectivity index (χ4v) is 3.18. The van der Waals surface area contributed by atoms with Crippen LogP contribution in [0.3, 0.4) is 0 Å². The zero-order valence-corrected chi connectivity index (χ0v) is 19.2. The number of nitrogens with one attached hydrogen (secondary N) is 3. The number of aromatic nitrogens is 3. The van der Waals surface area contributed by atoms with Crippen LogP contribution in [0.15, 0.2) is 14.4 Å². The molecule has 0 aliphatic rings. The maximum absolute atomic E-state index is 12.8. The van der Waals surface area contributed by atoms with Crippen molar-refractivity contribution in [2.75, 3.05) is 35.9 Å². The van der Waals surface area contributed by atoms with E-state index in [1.807, 2.05) is 0 Å². The summed E-state index contributed by atoms with van der Waals surface area (Å²) >= 11 is 0. The standard InChI is InChI=1S/C21H42N6O3/c1-4-7-10-13-16-22-25-19(28)26(23-17-14-11-8-5-2)21(30)27(20(25)29)24-18-15-12-9-6-3/h22-24H,4-18H2,1-3H3. The molecule has 0 aliphatic heterocycles. The van der Waals surface area contributed by atoms with Crippen LogP contribution in [0.4, 0.5) is 0 Å². The van der Waals surface area contributed by atoms with Crippen molar-refractivity contribution in [3.8, 4) is 0 Å². The van der Waals surface area contributed by atoms with Crippen LogP contribution in [0.1, 0.15) is 97.8 Å². The summed E-state index contributed by atoms with van der Waals surface area (Å²) in [6.07, 6.45) is 12.3. The van der Waals surface area contributed by atoms with Crippen LogP contribution in [-0.4, -0.2) is 33.7 Å². The van der Waals surface area contributed by atoms with Gasteiger partial charge in [-0.15, -0.1) is 0 Å². The minimum atomic E-state index is -0.681. The predicted molar refractivity (Wildman–Crippen MR) is 124 cm³/mol. The van der Waals surface area contributed by atoms with Crippen LogP contribution in [0, 0.1) is 0 Å². The van der Waals surface area contributed by atoms with E-state index in [-0.39, 0.29) is 0 Å². The van der Waals surface area contributed by atoms with Crippen molar-refractivity contribution in [1.82, 2.24) is 14.0 Å². The van der Waals surface area contributed by atoms with Crippen LogP contribution < -0.4 is 33.3 Å². The summed E-state index contributed by atoms with van der Waals surface area (Å²) in [6.45, 7) is 7.89. The van der Waals surface area contributed by atoms with E-state index in [1.54, 1.807) is 0 Å². The van der Waals surface area contributed by atoms with E-state index in [1.165, 1.54) is 0 Å². The molecule has 174 valence electrons. The highest BCUT2D eigenvalue weighted by Crippen LogP contribution is 1.98. The number of rotatable bonds is 18. The Bertz CT molecular complexity index is 622. The number of hydrogen-bond acceptors (Lipinski definition) is 6. The van der Waals surface area contributed by atoms with Crippen molar-refractivity contribution in [2.24, 2.45) is 0 Å². The van der Waals surface area contributed by atoms with E-state index in [2.05, 4.69) is 37.0 Å². The van der Waals surface area contributed by atoms with Gasteiger partial charge in [-0.3, -0.25) is 0 Å². The highest BCUT2D eigenvalue weighted by Gasteiger charge is 2.15. The van der Waals surface area contributed by atoms with E-state index in [9.17, 15) is 14.4 Å². The molecule has 0 saturated carbocycles. The molecule has 0 aromatic carbocycles. The van der Waals surface area contributed by atoms with Crippen molar-refractivity contribution in [2.45, 2.75) is 97.8 Å². The average molecular weight is 427 g/mol. The van der Waals surface area contributed by atoms with E-state index >= 15 is 0 Å². The summed E-state index contributed by atoms with van der Waals surface area (Å²) < 4.78 is 2.81. The molecule has 0 spiro atoms. The highest BCUT2D eigenvalue weighted by molar-refractivity contribution is 4.88. The second kappa shape index (κ2) is 15.6. The van der Waals surface area contributed by atoms with Crippen molar-refractivity contribution >= 4 is 0 Å². The van der Waals surface area contributed by atoms with Gasteiger partial charge in [-0.1, -0.05) is 78.6 Å². The smallest absolute Gasteiger partial charge is 0.317 e. The molecular weight excluding hydrogens is 384 g/mol. The zero-order valence-electron chi connectivity index (χ0n) is 19.2. The maximum atomic E-state index is 12.8. The van der Waals surface area contributed by atoms with E-state index in [4.69, 9.17) is 0 Å². The van der Waals surface area contributed by atoms with Crippen LogP contribution in [-0.2, 0) is 0 Å². The van der Waals surface area contributed by atoms with Gasteiger partial charge in [0.15, 0.2) is 0 Å². The minimum absolute atomic E-state index is 0.500. The lowest BCUT2D eigenvalue weighted by molar-refractivity contribution is 0.526. The third-order valence-corrected chi connectivity index (χ3v) is 5.05. The molecule has 1 aromatic rings. The van der Waals surface area contributed by atoms with Crippen LogP contribution in [0.25, 0.3) is 0 Å². The average Bonchev–Trinajstić information content (AvgIpc) is 2.74. The Morgan fingerprint density at radius 3 is 0.967 bits per heavy atom. The summed E-state index contributed by atoms with van der Waals surface area (Å²) in [5.74, 6) is 0. The first-order chi connectivity index (χ1) is 14.6. The third-order valence-electron chi connectivity index (χ3n) is 5.05. The first-order valence-electron chi connectivity index (χ1n) is 11.8. The monoisotopic (exact) mass is 426 g/mol. The van der Waals surface area contributed by atoms with Gasteiger partial charge in [0.25, 0.3) is 0 Å². The Morgan fingerprint density at radius 2 is 0.733 bits per heavy atom. The molecule has 0 amide bonds. The quantitative estimate of drug-likeness (QED) is 0.312. The van der Waals surface area contributed by atoms with Gasteiger partial charge in [0, 0.05) is 19.6 Å². The van der Waals surface area contributed by atoms with Gasteiger partial charge in [-0.25, -0.2) is 14.4 Å². The summed E-state index contributed by atoms with van der Waals surface area (Å²) in [5.41, 5.74) is 6.66. The predicted octanol–water partition coefficient (Wildman–Crippen LogP) is 2.54. The highest BCUT2D eigenvalue weighted by atomic mass is 16.2. The Balaban J connectivity index is 2.98. The molecule has 1 aromatic heterocycles. The number of unbranched alkanes of at least 4 members (excludes halogenated alkanes) is 9. The minimum Gasteiger partial charge on any atom is -0.317 e. The summed E-state index contributed by atoms with van der Waals surface area (Å²) in [6, 6.07) is 0. The molecule has 0 saturated heterocycles. The molecule has 0 atom stereocenters. The summed E-state index contributed by atoms with van der Waals surface area (Å²) in [4.78, 5) is 38.3. The fraction of sp³-hybridized carbons (Fsp3) is 0.857. The first-order valence-corrected chi connectivity index (χ1v) is 11.8. The molecule has 30 heavy (non-hydrogen) atoms. The maximum Gasteiger partial charge on any atom is 0.374 e. The van der Waals surface area contributed by atoms with Gasteiger partial charge in [0.2, 0.25) is 0 Å². The Kier molecular flexibility index (Phi) is 13.5. The molecule has 0 aliphatic carbocycles. The van der Waals surface area contributed by atoms with Crippen LogP contribution >= 0.6 is 0 Å². The zero-order chi connectivity index (χ0) is 22.2. The van der Waals surface area contributed by atoms with Crippen molar-refractivity contribution in [3.63, 3.8) is 0 Å². The second-order valence-electron chi connectivity index (χ2n) is 7.76. The van der Waals surface area contributed by atoms with Gasteiger partial charge >= 0.3 is 17.1 Å². The second-order valence-corrected chi connectivity index (χ2v) is 7.76. The molecule has 0 unspecified atom stereocenters. The summed E-state index contributed by atoms with van der Waals surface area (Å²) in [7, 11) is 0. The molecule has 0 radical (unpaired) electrons. The van der Waals surface area contributed by atoms with Crippen LogP contribution in [0.5, 0.6) is 0 Å². The lowest BCUT2D eigenvalue weighted by Crippen LogP contribution is -2.61. The first kappa shape index (κ1) is 25.8. The van der Waals surface area contributed by atoms with Crippen molar-refractivity contribution in [1.29, 1.82) is 0 Å². The van der Waals surface area contributed by atoms with E-state index in [0.29, 0.717) is 19.6 Å². The molecule has 9 nitrogen and oxygen atoms in total.